The molecule has 0 radical (unpaired) electrons. The molecule has 2 aromatic heterocycles. The van der Waals surface area contributed by atoms with Crippen LogP contribution in [-0.2, 0) is 10.0 Å². The Labute approximate surface area is 154 Å². The van der Waals surface area contributed by atoms with Crippen molar-refractivity contribution in [1.29, 1.82) is 0 Å². The van der Waals surface area contributed by atoms with Gasteiger partial charge in [0, 0.05) is 5.56 Å². The van der Waals surface area contributed by atoms with Crippen LogP contribution in [0.5, 0.6) is 0 Å². The highest BCUT2D eigenvalue weighted by molar-refractivity contribution is 7.92. The molecule has 0 aliphatic carbocycles. The molecule has 3 rings (SSSR count). The average molecular weight is 393 g/mol. The summed E-state index contributed by atoms with van der Waals surface area (Å²) in [4.78, 5) is 11.5. The predicted molar refractivity (Wildman–Crippen MR) is 96.8 cm³/mol. The van der Waals surface area contributed by atoms with Crippen molar-refractivity contribution >= 4 is 27.2 Å². The lowest BCUT2D eigenvalue weighted by atomic mass is 10.0. The summed E-state index contributed by atoms with van der Waals surface area (Å²) < 4.78 is 39.8. The lowest BCUT2D eigenvalue weighted by Crippen LogP contribution is -2.32. The number of nitrogens with zero attached hydrogens (tertiary/aromatic N) is 3. The minimum absolute atomic E-state index is 0.0751. The smallest absolute Gasteiger partial charge is 0.339 e. The molecule has 142 valence electrons. The number of sulfonamides is 1. The van der Waals surface area contributed by atoms with Crippen molar-refractivity contribution in [3.05, 3.63) is 54.1 Å². The number of rotatable bonds is 6. The van der Waals surface area contributed by atoms with Gasteiger partial charge in [-0.1, -0.05) is 12.1 Å². The van der Waals surface area contributed by atoms with Crippen LogP contribution < -0.4 is 4.31 Å². The predicted octanol–water partition coefficient (Wildman–Crippen LogP) is 1.60. The molecule has 27 heavy (non-hydrogen) atoms. The van der Waals surface area contributed by atoms with Crippen LogP contribution in [0.25, 0.3) is 16.6 Å². The lowest BCUT2D eigenvalue weighted by Gasteiger charge is -2.22. The van der Waals surface area contributed by atoms with Gasteiger partial charge in [0.15, 0.2) is 0 Å². The minimum Gasteiger partial charge on any atom is -0.478 e. The van der Waals surface area contributed by atoms with Crippen molar-refractivity contribution in [2.45, 2.75) is 0 Å². The molecule has 8 nitrogen and oxygen atoms in total. The fourth-order valence-corrected chi connectivity index (χ4v) is 3.72. The number of carbonyl (C=O) groups is 1. The molecular formula is C17H16FN3O5S. The van der Waals surface area contributed by atoms with E-state index >= 15 is 0 Å². The number of aliphatic hydroxyl groups excluding tert-OH is 1. The van der Waals surface area contributed by atoms with Crippen LogP contribution in [0.15, 0.2) is 42.7 Å². The van der Waals surface area contributed by atoms with Gasteiger partial charge < -0.3 is 10.2 Å². The van der Waals surface area contributed by atoms with Crippen molar-refractivity contribution in [2.24, 2.45) is 0 Å². The number of hydrogen-bond acceptors (Lipinski definition) is 5. The Hall–Kier alpha value is -2.98. The van der Waals surface area contributed by atoms with Gasteiger partial charge in [-0.25, -0.2) is 22.1 Å². The number of aliphatic hydroxyl groups is 1. The van der Waals surface area contributed by atoms with E-state index < -0.39 is 28.4 Å². The van der Waals surface area contributed by atoms with E-state index in [0.717, 1.165) is 16.8 Å². The number of hydrogen-bond donors (Lipinski definition) is 2. The Morgan fingerprint density at radius 2 is 1.96 bits per heavy atom. The van der Waals surface area contributed by atoms with Crippen LogP contribution in [0.3, 0.4) is 0 Å². The van der Waals surface area contributed by atoms with E-state index in [-0.39, 0.29) is 23.3 Å². The summed E-state index contributed by atoms with van der Waals surface area (Å²) in [5.74, 6) is -1.66. The molecule has 2 N–H and O–H groups in total. The zero-order chi connectivity index (χ0) is 19.8. The van der Waals surface area contributed by atoms with E-state index in [9.17, 15) is 27.8 Å². The maximum Gasteiger partial charge on any atom is 0.339 e. The van der Waals surface area contributed by atoms with Gasteiger partial charge in [-0.2, -0.15) is 5.10 Å². The Bertz CT molecular complexity index is 1110. The highest BCUT2D eigenvalue weighted by atomic mass is 32.2. The fourth-order valence-electron chi connectivity index (χ4n) is 2.83. The monoisotopic (exact) mass is 393 g/mol. The number of aromatic nitrogens is 2. The van der Waals surface area contributed by atoms with E-state index in [0.29, 0.717) is 11.1 Å². The van der Waals surface area contributed by atoms with Gasteiger partial charge in [-0.15, -0.1) is 0 Å². The molecular weight excluding hydrogens is 377 g/mol. The third kappa shape index (κ3) is 3.62. The second-order valence-corrected chi connectivity index (χ2v) is 7.74. The van der Waals surface area contributed by atoms with Crippen molar-refractivity contribution in [2.75, 3.05) is 23.7 Å². The zero-order valence-electron chi connectivity index (χ0n) is 14.2. The molecule has 0 amide bonds. The number of halogens is 1. The minimum atomic E-state index is -3.71. The highest BCUT2D eigenvalue weighted by Gasteiger charge is 2.22. The van der Waals surface area contributed by atoms with E-state index in [2.05, 4.69) is 5.10 Å². The van der Waals surface area contributed by atoms with Gasteiger partial charge in [0.05, 0.1) is 43.0 Å². The molecule has 0 fully saturated rings. The Kier molecular flexibility index (Phi) is 4.85. The molecule has 0 unspecified atom stereocenters. The number of carboxylic acids is 1. The Balaban J connectivity index is 2.33. The van der Waals surface area contributed by atoms with Crippen LogP contribution in [0.2, 0.25) is 0 Å². The number of pyridine rings is 1. The van der Waals surface area contributed by atoms with Crippen LogP contribution in [0, 0.1) is 5.82 Å². The maximum absolute atomic E-state index is 13.3. The average Bonchev–Trinajstić information content (AvgIpc) is 3.03. The standard InChI is InChI=1S/C17H16FN3O5S/c1-27(25,26)21(6-7-22)13-8-14(11-2-4-12(18)5-3-11)16-15(17(23)24)9-19-20(16)10-13/h2-5,8-10,22H,6-7H2,1H3,(H,23,24). The SMILES string of the molecule is CS(=O)(=O)N(CCO)c1cc(-c2ccc(F)cc2)c2c(C(=O)O)cnn2c1. The molecule has 10 heteroatoms. The van der Waals surface area contributed by atoms with Gasteiger partial charge in [0.1, 0.15) is 11.4 Å². The second kappa shape index (κ2) is 6.97. The first-order chi connectivity index (χ1) is 12.7. The van der Waals surface area contributed by atoms with E-state index in [4.69, 9.17) is 0 Å². The van der Waals surface area contributed by atoms with Crippen LogP contribution in [0.1, 0.15) is 10.4 Å². The molecule has 0 saturated heterocycles. The van der Waals surface area contributed by atoms with Crippen molar-refractivity contribution in [3.63, 3.8) is 0 Å². The van der Waals surface area contributed by atoms with E-state index in [1.165, 1.54) is 41.0 Å². The number of aromatic carboxylic acids is 1. The second-order valence-electron chi connectivity index (χ2n) is 5.83. The van der Waals surface area contributed by atoms with Crippen molar-refractivity contribution < 1.29 is 27.8 Å². The summed E-state index contributed by atoms with van der Waals surface area (Å²) in [6, 6.07) is 6.84. The van der Waals surface area contributed by atoms with Crippen LogP contribution in [-0.4, -0.2) is 53.6 Å². The summed E-state index contributed by atoms with van der Waals surface area (Å²) in [7, 11) is -3.71. The van der Waals surface area contributed by atoms with E-state index in [1.807, 2.05) is 0 Å². The first-order valence-electron chi connectivity index (χ1n) is 7.81. The highest BCUT2D eigenvalue weighted by Crippen LogP contribution is 2.32. The van der Waals surface area contributed by atoms with Crippen molar-refractivity contribution in [1.82, 2.24) is 9.61 Å². The zero-order valence-corrected chi connectivity index (χ0v) is 15.0. The summed E-state index contributed by atoms with van der Waals surface area (Å²) in [6.07, 6.45) is 3.52. The van der Waals surface area contributed by atoms with Crippen LogP contribution in [0.4, 0.5) is 10.1 Å². The van der Waals surface area contributed by atoms with Gasteiger partial charge in [-0.3, -0.25) is 4.31 Å². The Morgan fingerprint density at radius 3 is 2.52 bits per heavy atom. The molecule has 0 bridgehead atoms. The van der Waals surface area contributed by atoms with Gasteiger partial charge in [0.2, 0.25) is 10.0 Å². The molecule has 3 aromatic rings. The number of benzene rings is 1. The summed E-state index contributed by atoms with van der Waals surface area (Å²) in [6.45, 7) is -0.587. The van der Waals surface area contributed by atoms with Gasteiger partial charge in [-0.05, 0) is 23.8 Å². The molecule has 0 saturated carbocycles. The summed E-state index contributed by atoms with van der Waals surface area (Å²) in [5, 5.41) is 22.7. The topological polar surface area (TPSA) is 112 Å². The van der Waals surface area contributed by atoms with E-state index in [1.54, 1.807) is 0 Å². The molecule has 0 aliphatic heterocycles. The largest absolute Gasteiger partial charge is 0.478 e. The summed E-state index contributed by atoms with van der Waals surface area (Å²) in [5.41, 5.74) is 1.22. The molecule has 0 spiro atoms. The lowest BCUT2D eigenvalue weighted by molar-refractivity contribution is 0.0699. The third-order valence-electron chi connectivity index (χ3n) is 3.97. The maximum atomic E-state index is 13.3. The number of anilines is 1. The number of carboxylic acid groups (broad SMARTS) is 1. The molecule has 2 heterocycles. The van der Waals surface area contributed by atoms with Crippen molar-refractivity contribution in [3.8, 4) is 11.1 Å². The molecule has 0 aliphatic rings. The van der Waals surface area contributed by atoms with Gasteiger partial charge in [0.25, 0.3) is 0 Å². The van der Waals surface area contributed by atoms with Gasteiger partial charge >= 0.3 is 5.97 Å². The Morgan fingerprint density at radius 1 is 1.30 bits per heavy atom. The number of fused-ring (bicyclic) bond motifs is 1. The quantitative estimate of drug-likeness (QED) is 0.658. The first-order valence-corrected chi connectivity index (χ1v) is 9.66. The fraction of sp³-hybridized carbons (Fsp3) is 0.176. The normalized spacial score (nSPS) is 11.7. The third-order valence-corrected chi connectivity index (χ3v) is 5.17. The first kappa shape index (κ1) is 18.8. The van der Waals surface area contributed by atoms with Crippen LogP contribution >= 0.6 is 0 Å². The molecule has 1 aromatic carbocycles. The molecule has 0 atom stereocenters. The summed E-state index contributed by atoms with van der Waals surface area (Å²) >= 11 is 0.